The summed E-state index contributed by atoms with van der Waals surface area (Å²) in [4.78, 5) is 17.3. The van der Waals surface area contributed by atoms with Crippen LogP contribution in [-0.2, 0) is 11.2 Å². The predicted molar refractivity (Wildman–Crippen MR) is 141 cm³/mol. The molecule has 4 rings (SSSR count). The zero-order valence-corrected chi connectivity index (χ0v) is 20.0. The van der Waals surface area contributed by atoms with E-state index in [4.69, 9.17) is 33.7 Å². The van der Waals surface area contributed by atoms with Crippen LogP contribution in [0.25, 0.3) is 16.5 Å². The van der Waals surface area contributed by atoms with Gasteiger partial charge >= 0.3 is 0 Å². The summed E-state index contributed by atoms with van der Waals surface area (Å²) in [6, 6.07) is 26.2. The molecule has 0 atom stereocenters. The number of hydrogen-bond donors (Lipinski definition) is 1. The average Bonchev–Trinajstić information content (AvgIpc) is 2.83. The lowest BCUT2D eigenvalue weighted by molar-refractivity contribution is -0.117. The van der Waals surface area contributed by atoms with Crippen LogP contribution in [0.3, 0.4) is 0 Å². The molecule has 0 bridgehead atoms. The number of benzene rings is 4. The fraction of sp³-hybridized carbons (Fsp3) is 0.0714. The SMILES string of the molecule is COc1ccc2cc(C(/C=C(\N)c3cc(Cl)cc(Cl)c3)=NC(=O)Cc3ccccc3)ccc2c1. The van der Waals surface area contributed by atoms with Gasteiger partial charge < -0.3 is 10.5 Å². The molecule has 34 heavy (non-hydrogen) atoms. The van der Waals surface area contributed by atoms with Crippen LogP contribution in [0, 0.1) is 0 Å². The lowest BCUT2D eigenvalue weighted by Gasteiger charge is -2.09. The normalized spacial score (nSPS) is 12.1. The summed E-state index contributed by atoms with van der Waals surface area (Å²) in [5.74, 6) is 0.498. The Morgan fingerprint density at radius 1 is 0.882 bits per heavy atom. The fourth-order valence-electron chi connectivity index (χ4n) is 3.59. The zero-order chi connectivity index (χ0) is 24.1. The Hall–Kier alpha value is -3.60. The maximum absolute atomic E-state index is 12.9. The molecule has 0 aliphatic rings. The summed E-state index contributed by atoms with van der Waals surface area (Å²) in [5.41, 5.74) is 9.52. The summed E-state index contributed by atoms with van der Waals surface area (Å²) in [5, 5.41) is 2.94. The van der Waals surface area contributed by atoms with Crippen LogP contribution < -0.4 is 10.5 Å². The molecule has 0 aromatic heterocycles. The van der Waals surface area contributed by atoms with E-state index in [9.17, 15) is 4.79 Å². The third-order valence-corrected chi connectivity index (χ3v) is 5.71. The third kappa shape index (κ3) is 5.84. The molecule has 0 aliphatic heterocycles. The molecular weight excluding hydrogens is 467 g/mol. The van der Waals surface area contributed by atoms with E-state index in [1.807, 2.05) is 66.7 Å². The Morgan fingerprint density at radius 2 is 1.56 bits per heavy atom. The van der Waals surface area contributed by atoms with Gasteiger partial charge in [-0.15, -0.1) is 0 Å². The highest BCUT2D eigenvalue weighted by molar-refractivity contribution is 6.35. The van der Waals surface area contributed by atoms with Crippen LogP contribution in [0.15, 0.2) is 96.0 Å². The number of amides is 1. The van der Waals surface area contributed by atoms with Crippen LogP contribution in [-0.4, -0.2) is 18.7 Å². The van der Waals surface area contributed by atoms with E-state index in [2.05, 4.69) is 4.99 Å². The first-order valence-electron chi connectivity index (χ1n) is 10.6. The van der Waals surface area contributed by atoms with Crippen LogP contribution in [0.5, 0.6) is 5.75 Å². The number of halogens is 2. The van der Waals surface area contributed by atoms with Crippen molar-refractivity contribution in [2.24, 2.45) is 10.7 Å². The summed E-state index contributed by atoms with van der Waals surface area (Å²) < 4.78 is 5.31. The van der Waals surface area contributed by atoms with E-state index in [0.29, 0.717) is 27.0 Å². The van der Waals surface area contributed by atoms with Gasteiger partial charge in [0, 0.05) is 26.9 Å². The Morgan fingerprint density at radius 3 is 2.26 bits per heavy atom. The van der Waals surface area contributed by atoms with Crippen molar-refractivity contribution < 1.29 is 9.53 Å². The Balaban J connectivity index is 1.77. The topological polar surface area (TPSA) is 64.7 Å². The first-order valence-corrected chi connectivity index (χ1v) is 11.3. The fourth-order valence-corrected chi connectivity index (χ4v) is 4.11. The molecule has 0 fully saturated rings. The number of carbonyl (C=O) groups excluding carboxylic acids is 1. The van der Waals surface area contributed by atoms with Gasteiger partial charge in [0.1, 0.15) is 5.75 Å². The molecule has 0 spiro atoms. The van der Waals surface area contributed by atoms with Gasteiger partial charge in [-0.25, -0.2) is 4.99 Å². The number of nitrogens with two attached hydrogens (primary N) is 1. The molecule has 1 amide bonds. The maximum Gasteiger partial charge on any atom is 0.250 e. The number of ether oxygens (including phenoxy) is 1. The molecule has 4 nitrogen and oxygen atoms in total. The van der Waals surface area contributed by atoms with Gasteiger partial charge in [0.2, 0.25) is 0 Å². The second kappa shape index (κ2) is 10.6. The van der Waals surface area contributed by atoms with Crippen molar-refractivity contribution in [1.82, 2.24) is 0 Å². The second-order valence-electron chi connectivity index (χ2n) is 7.74. The Kier molecular flexibility index (Phi) is 7.31. The van der Waals surface area contributed by atoms with Crippen LogP contribution >= 0.6 is 23.2 Å². The summed E-state index contributed by atoms with van der Waals surface area (Å²) >= 11 is 12.3. The quantitative estimate of drug-likeness (QED) is 0.306. The lowest BCUT2D eigenvalue weighted by Crippen LogP contribution is -2.08. The van der Waals surface area contributed by atoms with Gasteiger partial charge in [0.25, 0.3) is 5.91 Å². The van der Waals surface area contributed by atoms with Crippen LogP contribution in [0.1, 0.15) is 16.7 Å². The summed E-state index contributed by atoms with van der Waals surface area (Å²) in [7, 11) is 1.63. The molecule has 170 valence electrons. The van der Waals surface area contributed by atoms with Gasteiger partial charge in [-0.2, -0.15) is 0 Å². The van der Waals surface area contributed by atoms with Crippen molar-refractivity contribution in [3.8, 4) is 5.75 Å². The van der Waals surface area contributed by atoms with Crippen molar-refractivity contribution in [2.45, 2.75) is 6.42 Å². The highest BCUT2D eigenvalue weighted by atomic mass is 35.5. The molecule has 0 saturated carbocycles. The summed E-state index contributed by atoms with van der Waals surface area (Å²) in [6.07, 6.45) is 1.86. The van der Waals surface area contributed by atoms with E-state index < -0.39 is 0 Å². The number of methoxy groups -OCH3 is 1. The molecular formula is C28H22Cl2N2O2. The first kappa shape index (κ1) is 23.6. The lowest BCUT2D eigenvalue weighted by atomic mass is 10.0. The predicted octanol–water partition coefficient (Wildman–Crippen LogP) is 6.71. The van der Waals surface area contributed by atoms with E-state index >= 15 is 0 Å². The average molecular weight is 489 g/mol. The minimum Gasteiger partial charge on any atom is -0.497 e. The van der Waals surface area contributed by atoms with E-state index in [-0.39, 0.29) is 12.3 Å². The molecule has 0 radical (unpaired) electrons. The summed E-state index contributed by atoms with van der Waals surface area (Å²) in [6.45, 7) is 0. The molecule has 0 heterocycles. The smallest absolute Gasteiger partial charge is 0.250 e. The van der Waals surface area contributed by atoms with Gasteiger partial charge in [0.15, 0.2) is 0 Å². The number of allylic oxidation sites excluding steroid dienone is 1. The Bertz CT molecular complexity index is 1390. The molecule has 6 heteroatoms. The van der Waals surface area contributed by atoms with Gasteiger partial charge in [-0.1, -0.05) is 71.7 Å². The molecule has 2 N–H and O–H groups in total. The van der Waals surface area contributed by atoms with Crippen molar-refractivity contribution in [3.63, 3.8) is 0 Å². The van der Waals surface area contributed by atoms with Crippen molar-refractivity contribution >= 4 is 51.3 Å². The number of hydrogen-bond acceptors (Lipinski definition) is 3. The van der Waals surface area contributed by atoms with Gasteiger partial charge in [-0.05, 0) is 58.8 Å². The minimum absolute atomic E-state index is 0.186. The highest BCUT2D eigenvalue weighted by Crippen LogP contribution is 2.25. The largest absolute Gasteiger partial charge is 0.497 e. The molecule has 0 aliphatic carbocycles. The standard InChI is InChI=1S/C28H22Cl2N2O2/c1-34-25-10-9-19-12-21(8-7-20(19)15-25)27(32-28(33)11-18-5-3-2-4-6-18)17-26(31)22-13-23(29)16-24(30)14-22/h2-10,12-17H,11,31H2,1H3/b26-17-,32-27?. The number of nitrogens with zero attached hydrogens (tertiary/aromatic N) is 1. The Labute approximate surface area is 208 Å². The highest BCUT2D eigenvalue weighted by Gasteiger charge is 2.10. The van der Waals surface area contributed by atoms with Crippen molar-refractivity contribution in [2.75, 3.05) is 7.11 Å². The third-order valence-electron chi connectivity index (χ3n) is 5.27. The maximum atomic E-state index is 12.9. The molecule has 4 aromatic carbocycles. The molecule has 0 unspecified atom stereocenters. The number of fused-ring (bicyclic) bond motifs is 1. The first-order chi connectivity index (χ1) is 16.4. The monoisotopic (exact) mass is 488 g/mol. The van der Waals surface area contributed by atoms with Gasteiger partial charge in [-0.3, -0.25) is 4.79 Å². The molecule has 4 aromatic rings. The zero-order valence-electron chi connectivity index (χ0n) is 18.5. The van der Waals surface area contributed by atoms with Crippen LogP contribution in [0.2, 0.25) is 10.0 Å². The van der Waals surface area contributed by atoms with Crippen molar-refractivity contribution in [3.05, 3.63) is 118 Å². The van der Waals surface area contributed by atoms with Crippen LogP contribution in [0.4, 0.5) is 0 Å². The number of rotatable bonds is 6. The van der Waals surface area contributed by atoms with Crippen molar-refractivity contribution in [1.29, 1.82) is 0 Å². The second-order valence-corrected chi connectivity index (χ2v) is 8.61. The number of aliphatic imine (C=N–C) groups is 1. The van der Waals surface area contributed by atoms with Gasteiger partial charge in [0.05, 0.1) is 19.2 Å². The van der Waals surface area contributed by atoms with E-state index in [1.54, 1.807) is 31.4 Å². The minimum atomic E-state index is -0.274. The number of carbonyl (C=O) groups is 1. The molecule has 0 saturated heterocycles. The van der Waals surface area contributed by atoms with E-state index in [0.717, 1.165) is 27.6 Å². The van der Waals surface area contributed by atoms with E-state index in [1.165, 1.54) is 0 Å².